The van der Waals surface area contributed by atoms with Gasteiger partial charge in [-0.15, -0.1) is 11.3 Å². The number of nitrogens with zero attached hydrogens (tertiary/aromatic N) is 1. The molecule has 0 saturated carbocycles. The van der Waals surface area contributed by atoms with Crippen molar-refractivity contribution < 1.29 is 23.1 Å². The van der Waals surface area contributed by atoms with Crippen molar-refractivity contribution in [2.75, 3.05) is 16.8 Å². The lowest BCUT2D eigenvalue weighted by molar-refractivity contribution is -0.120. The molecule has 1 aliphatic heterocycles. The molecule has 1 aromatic heterocycles. The van der Waals surface area contributed by atoms with E-state index in [2.05, 4.69) is 5.32 Å². The number of hydrogen-bond donors (Lipinski definition) is 1. The predicted octanol–water partition coefficient (Wildman–Crippen LogP) is 4.82. The second-order valence-electron chi connectivity index (χ2n) is 6.35. The minimum Gasteiger partial charge on any atom is -0.494 e. The van der Waals surface area contributed by atoms with E-state index in [1.807, 2.05) is 6.92 Å². The fourth-order valence-electron chi connectivity index (χ4n) is 3.15. The van der Waals surface area contributed by atoms with Crippen LogP contribution in [0.4, 0.5) is 20.2 Å². The molecule has 2 aromatic carbocycles. The average molecular weight is 426 g/mol. The van der Waals surface area contributed by atoms with Gasteiger partial charge in [-0.05, 0) is 42.6 Å². The topological polar surface area (TPSA) is 58.6 Å². The monoisotopic (exact) mass is 426 g/mol. The zero-order valence-corrected chi connectivity index (χ0v) is 16.6. The lowest BCUT2D eigenvalue weighted by Crippen LogP contribution is -2.33. The molecule has 0 radical (unpaired) electrons. The largest absolute Gasteiger partial charge is 0.494 e. The van der Waals surface area contributed by atoms with Gasteiger partial charge in [0.25, 0.3) is 11.8 Å². The fraction of sp³-hybridized carbons (Fsp3) is 0.0909. The maximum Gasteiger partial charge on any atom is 0.282 e. The van der Waals surface area contributed by atoms with Gasteiger partial charge in [0.1, 0.15) is 23.1 Å². The van der Waals surface area contributed by atoms with Gasteiger partial charge in [0, 0.05) is 22.7 Å². The summed E-state index contributed by atoms with van der Waals surface area (Å²) in [5.41, 5.74) is 0.173. The van der Waals surface area contributed by atoms with Gasteiger partial charge in [0.15, 0.2) is 0 Å². The molecule has 30 heavy (non-hydrogen) atoms. The van der Waals surface area contributed by atoms with Gasteiger partial charge in [-0.25, -0.2) is 13.7 Å². The van der Waals surface area contributed by atoms with E-state index in [9.17, 15) is 18.4 Å². The van der Waals surface area contributed by atoms with Crippen LogP contribution >= 0.6 is 11.3 Å². The third-order valence-corrected chi connectivity index (χ3v) is 5.30. The van der Waals surface area contributed by atoms with Gasteiger partial charge in [0.05, 0.1) is 17.9 Å². The number of imide groups is 1. The Morgan fingerprint density at radius 1 is 1.03 bits per heavy atom. The highest BCUT2D eigenvalue weighted by molar-refractivity contribution is 7.11. The van der Waals surface area contributed by atoms with E-state index in [-0.39, 0.29) is 11.3 Å². The number of hydrogen-bond acceptors (Lipinski definition) is 5. The molecule has 8 heteroatoms. The summed E-state index contributed by atoms with van der Waals surface area (Å²) in [6.45, 7) is 2.32. The summed E-state index contributed by atoms with van der Waals surface area (Å²) >= 11 is 1.27. The summed E-state index contributed by atoms with van der Waals surface area (Å²) in [7, 11) is 0. The Labute approximate surface area is 175 Å². The highest BCUT2D eigenvalue weighted by Crippen LogP contribution is 2.36. The van der Waals surface area contributed by atoms with E-state index < -0.39 is 29.1 Å². The summed E-state index contributed by atoms with van der Waals surface area (Å²) in [5.74, 6) is -2.53. The Morgan fingerprint density at radius 2 is 1.87 bits per heavy atom. The lowest BCUT2D eigenvalue weighted by Gasteiger charge is -2.16. The number of anilines is 2. The first kappa shape index (κ1) is 19.8. The van der Waals surface area contributed by atoms with Crippen molar-refractivity contribution in [2.24, 2.45) is 0 Å². The Hall–Kier alpha value is -3.52. The third-order valence-electron chi connectivity index (χ3n) is 4.41. The summed E-state index contributed by atoms with van der Waals surface area (Å²) in [5, 5.41) is 4.73. The zero-order chi connectivity index (χ0) is 21.3. The van der Waals surface area contributed by atoms with Crippen LogP contribution in [0.15, 0.2) is 65.7 Å². The first-order valence-corrected chi connectivity index (χ1v) is 9.99. The molecule has 2 heterocycles. The number of carbonyl (C=O) groups is 2. The molecule has 0 bridgehead atoms. The Bertz CT molecular complexity index is 1160. The average Bonchev–Trinajstić information content (AvgIpc) is 3.32. The van der Waals surface area contributed by atoms with Gasteiger partial charge in [0.2, 0.25) is 0 Å². The summed E-state index contributed by atoms with van der Waals surface area (Å²) in [6.07, 6.45) is 0. The van der Waals surface area contributed by atoms with Crippen LogP contribution in [0.2, 0.25) is 0 Å². The molecule has 2 amide bonds. The molecule has 0 aliphatic carbocycles. The molecular weight excluding hydrogens is 410 g/mol. The number of nitrogens with one attached hydrogen (secondary N) is 1. The second kappa shape index (κ2) is 8.08. The molecule has 0 fully saturated rings. The smallest absolute Gasteiger partial charge is 0.282 e. The maximum atomic E-state index is 14.4. The van der Waals surface area contributed by atoms with Gasteiger partial charge in [-0.1, -0.05) is 12.1 Å². The molecule has 152 valence electrons. The second-order valence-corrected chi connectivity index (χ2v) is 7.30. The van der Waals surface area contributed by atoms with Crippen LogP contribution in [0.3, 0.4) is 0 Å². The minimum atomic E-state index is -0.872. The third kappa shape index (κ3) is 3.57. The molecule has 1 aliphatic rings. The summed E-state index contributed by atoms with van der Waals surface area (Å²) in [6, 6.07) is 13.0. The number of benzene rings is 2. The number of ether oxygens (including phenoxy) is 1. The molecule has 5 nitrogen and oxygen atoms in total. The SMILES string of the molecule is CCOc1cccc(NC2=C(c3cccs3)C(=O)N(c3cc(F)ccc3F)C2=O)c1. The van der Waals surface area contributed by atoms with Gasteiger partial charge in [-0.3, -0.25) is 9.59 Å². The molecule has 4 rings (SSSR count). The Morgan fingerprint density at radius 3 is 2.60 bits per heavy atom. The fourth-order valence-corrected chi connectivity index (χ4v) is 3.91. The van der Waals surface area contributed by atoms with Crippen LogP contribution in [0.25, 0.3) is 5.57 Å². The van der Waals surface area contributed by atoms with Crippen LogP contribution in [0.1, 0.15) is 11.8 Å². The van der Waals surface area contributed by atoms with Crippen molar-refractivity contribution in [3.05, 3.63) is 82.2 Å². The number of halogens is 2. The number of rotatable bonds is 6. The quantitative estimate of drug-likeness (QED) is 0.574. The maximum absolute atomic E-state index is 14.4. The first-order chi connectivity index (χ1) is 14.5. The Balaban J connectivity index is 1.79. The molecule has 0 spiro atoms. The summed E-state index contributed by atoms with van der Waals surface area (Å²) < 4.78 is 33.6. The normalized spacial score (nSPS) is 13.9. The van der Waals surface area contributed by atoms with E-state index in [0.717, 1.165) is 18.2 Å². The van der Waals surface area contributed by atoms with Crippen molar-refractivity contribution >= 4 is 40.1 Å². The highest BCUT2D eigenvalue weighted by atomic mass is 32.1. The van der Waals surface area contributed by atoms with Crippen LogP contribution in [0.5, 0.6) is 5.75 Å². The van der Waals surface area contributed by atoms with Gasteiger partial charge >= 0.3 is 0 Å². The van der Waals surface area contributed by atoms with E-state index in [4.69, 9.17) is 4.74 Å². The van der Waals surface area contributed by atoms with Crippen molar-refractivity contribution in [2.45, 2.75) is 6.92 Å². The van der Waals surface area contributed by atoms with Crippen LogP contribution < -0.4 is 15.0 Å². The molecule has 1 N–H and O–H groups in total. The number of carbonyl (C=O) groups excluding carboxylic acids is 2. The van der Waals surface area contributed by atoms with E-state index in [0.29, 0.717) is 27.8 Å². The van der Waals surface area contributed by atoms with E-state index >= 15 is 0 Å². The number of thiophene rings is 1. The summed E-state index contributed by atoms with van der Waals surface area (Å²) in [4.78, 5) is 27.5. The van der Waals surface area contributed by atoms with Gasteiger partial charge in [-0.2, -0.15) is 0 Å². The van der Waals surface area contributed by atoms with E-state index in [1.54, 1.807) is 41.8 Å². The van der Waals surface area contributed by atoms with Crippen molar-refractivity contribution in [3.63, 3.8) is 0 Å². The van der Waals surface area contributed by atoms with Crippen LogP contribution in [0, 0.1) is 11.6 Å². The molecule has 0 unspecified atom stereocenters. The van der Waals surface area contributed by atoms with Crippen molar-refractivity contribution in [1.82, 2.24) is 0 Å². The minimum absolute atomic E-state index is 0.0141. The van der Waals surface area contributed by atoms with E-state index in [1.165, 1.54) is 11.3 Å². The van der Waals surface area contributed by atoms with Crippen LogP contribution in [-0.4, -0.2) is 18.4 Å². The zero-order valence-electron chi connectivity index (χ0n) is 15.8. The Kier molecular flexibility index (Phi) is 5.33. The van der Waals surface area contributed by atoms with Crippen LogP contribution in [-0.2, 0) is 9.59 Å². The number of amides is 2. The van der Waals surface area contributed by atoms with Gasteiger partial charge < -0.3 is 10.1 Å². The molecule has 0 atom stereocenters. The first-order valence-electron chi connectivity index (χ1n) is 9.11. The molecule has 0 saturated heterocycles. The highest BCUT2D eigenvalue weighted by Gasteiger charge is 2.42. The van der Waals surface area contributed by atoms with Crippen molar-refractivity contribution in [3.8, 4) is 5.75 Å². The standard InChI is InChI=1S/C22H16F2N2O3S/c1-2-29-15-6-3-5-14(12-15)25-20-19(18-7-4-10-30-18)21(27)26(22(20)28)17-11-13(23)8-9-16(17)24/h3-12,25H,2H2,1H3. The molecular formula is C22H16F2N2O3S. The molecule has 3 aromatic rings. The van der Waals surface area contributed by atoms with Crippen molar-refractivity contribution in [1.29, 1.82) is 0 Å². The lowest BCUT2D eigenvalue weighted by atomic mass is 10.2. The predicted molar refractivity (Wildman–Crippen MR) is 111 cm³/mol.